The summed E-state index contributed by atoms with van der Waals surface area (Å²) < 4.78 is 7.23. The number of hydrogen-bond donors (Lipinski definition) is 4. The van der Waals surface area contributed by atoms with Crippen molar-refractivity contribution in [2.45, 2.75) is 31.7 Å². The van der Waals surface area contributed by atoms with Gasteiger partial charge in [0.2, 0.25) is 5.95 Å². The van der Waals surface area contributed by atoms with E-state index < -0.39 is 5.97 Å². The molecule has 1 aliphatic heterocycles. The third-order valence-electron chi connectivity index (χ3n) is 7.00. The molecule has 12 heteroatoms. The Balaban J connectivity index is 0.00000112. The first-order valence-corrected chi connectivity index (χ1v) is 13.6. The zero-order chi connectivity index (χ0) is 27.6. The van der Waals surface area contributed by atoms with E-state index in [1.165, 1.54) is 0 Å². The second-order valence-corrected chi connectivity index (χ2v) is 9.81. The van der Waals surface area contributed by atoms with E-state index in [0.29, 0.717) is 30.6 Å². The van der Waals surface area contributed by atoms with Crippen molar-refractivity contribution in [3.8, 4) is 0 Å². The molecule has 0 amide bonds. The van der Waals surface area contributed by atoms with Gasteiger partial charge in [-0.3, -0.25) is 4.90 Å². The van der Waals surface area contributed by atoms with E-state index >= 15 is 0 Å². The quantitative estimate of drug-likeness (QED) is 0.282. The van der Waals surface area contributed by atoms with Gasteiger partial charge < -0.3 is 35.1 Å². The Morgan fingerprint density at radius 2 is 1.82 bits per heavy atom. The molecular formula is C27H40N8O4. The molecule has 0 unspecified atom stereocenters. The van der Waals surface area contributed by atoms with Gasteiger partial charge in [0, 0.05) is 50.3 Å². The van der Waals surface area contributed by atoms with Crippen LogP contribution < -0.4 is 15.5 Å². The van der Waals surface area contributed by atoms with Crippen molar-refractivity contribution in [1.29, 1.82) is 0 Å². The SMILES string of the molecule is CNC.O=C(O)c1cc2cnc(Nc3ccc(N4CCN(CCOCCO)CC4)cn3)nc2n1C1CCCC1. The maximum atomic E-state index is 11.9. The van der Waals surface area contributed by atoms with Gasteiger partial charge in [-0.15, -0.1) is 0 Å². The number of aliphatic hydroxyl groups is 1. The monoisotopic (exact) mass is 540 g/mol. The highest BCUT2D eigenvalue weighted by molar-refractivity contribution is 5.93. The van der Waals surface area contributed by atoms with E-state index in [1.54, 1.807) is 12.3 Å². The molecule has 1 aliphatic carbocycles. The second-order valence-electron chi connectivity index (χ2n) is 9.81. The zero-order valence-corrected chi connectivity index (χ0v) is 22.8. The van der Waals surface area contributed by atoms with Crippen LogP contribution in [0.25, 0.3) is 11.0 Å². The summed E-state index contributed by atoms with van der Waals surface area (Å²) in [4.78, 5) is 30.2. The molecule has 0 spiro atoms. The summed E-state index contributed by atoms with van der Waals surface area (Å²) in [5, 5.41) is 25.2. The van der Waals surface area contributed by atoms with Gasteiger partial charge in [0.1, 0.15) is 17.2 Å². The lowest BCUT2D eigenvalue weighted by Gasteiger charge is -2.35. The first kappa shape index (κ1) is 28.7. The van der Waals surface area contributed by atoms with E-state index in [-0.39, 0.29) is 18.3 Å². The third-order valence-corrected chi connectivity index (χ3v) is 7.00. The predicted octanol–water partition coefficient (Wildman–Crippen LogP) is 2.35. The number of aromatic carboxylic acids is 1. The van der Waals surface area contributed by atoms with E-state index in [0.717, 1.165) is 69.5 Å². The number of hydrogen-bond acceptors (Lipinski definition) is 10. The molecule has 0 aromatic carbocycles. The van der Waals surface area contributed by atoms with E-state index in [1.807, 2.05) is 37.0 Å². The minimum absolute atomic E-state index is 0.0615. The lowest BCUT2D eigenvalue weighted by molar-refractivity contribution is 0.0683. The maximum Gasteiger partial charge on any atom is 0.352 e. The van der Waals surface area contributed by atoms with E-state index in [2.05, 4.69) is 35.4 Å². The number of nitrogens with one attached hydrogen (secondary N) is 2. The fraction of sp³-hybridized carbons (Fsp3) is 0.556. The molecule has 1 saturated carbocycles. The van der Waals surface area contributed by atoms with Crippen molar-refractivity contribution < 1.29 is 19.7 Å². The number of piperazine rings is 1. The number of carboxylic acids is 1. The summed E-state index contributed by atoms with van der Waals surface area (Å²) in [5.74, 6) is 0.0896. The first-order chi connectivity index (χ1) is 19.0. The number of nitrogens with zero attached hydrogens (tertiary/aromatic N) is 6. The minimum atomic E-state index is -0.942. The van der Waals surface area contributed by atoms with Crippen LogP contribution >= 0.6 is 0 Å². The van der Waals surface area contributed by atoms with Crippen LogP contribution in [0.5, 0.6) is 0 Å². The Labute approximate surface area is 229 Å². The van der Waals surface area contributed by atoms with Crippen molar-refractivity contribution in [2.75, 3.05) is 76.9 Å². The summed E-state index contributed by atoms with van der Waals surface area (Å²) in [6, 6.07) is 5.77. The lowest BCUT2D eigenvalue weighted by atomic mass is 10.2. The summed E-state index contributed by atoms with van der Waals surface area (Å²) in [5.41, 5.74) is 1.98. The number of rotatable bonds is 10. The Kier molecular flexibility index (Phi) is 10.4. The van der Waals surface area contributed by atoms with Gasteiger partial charge in [0.25, 0.3) is 0 Å². The molecule has 2 fully saturated rings. The fourth-order valence-corrected chi connectivity index (χ4v) is 5.12. The highest BCUT2D eigenvalue weighted by Crippen LogP contribution is 2.34. The highest BCUT2D eigenvalue weighted by atomic mass is 16.5. The Hall–Kier alpha value is -3.32. The number of fused-ring (bicyclic) bond motifs is 1. The van der Waals surface area contributed by atoms with Crippen LogP contribution in [0.3, 0.4) is 0 Å². The standard InChI is InChI=1S/C25H33N7O4.C2H7N/c33-12-14-36-13-11-30-7-9-31(10-8-30)20-5-6-22(26-17-20)28-25-27-16-18-15-21(24(34)35)32(23(18)29-25)19-3-1-2-4-19;1-3-2/h5-6,15-17,19,33H,1-4,7-14H2,(H,34,35)(H,26,27,28,29);3H,1-2H3. The van der Waals surface area contributed by atoms with Crippen LogP contribution in [0.1, 0.15) is 42.2 Å². The summed E-state index contributed by atoms with van der Waals surface area (Å²) in [6.45, 7) is 5.70. The van der Waals surface area contributed by atoms with Crippen molar-refractivity contribution in [3.63, 3.8) is 0 Å². The van der Waals surface area contributed by atoms with Crippen molar-refractivity contribution >= 4 is 34.5 Å². The molecule has 5 rings (SSSR count). The van der Waals surface area contributed by atoms with Crippen LogP contribution in [0.4, 0.5) is 17.5 Å². The summed E-state index contributed by atoms with van der Waals surface area (Å²) >= 11 is 0. The van der Waals surface area contributed by atoms with Gasteiger partial charge in [-0.05, 0) is 45.1 Å². The molecule has 2 aliphatic rings. The number of ether oxygens (including phenoxy) is 1. The Morgan fingerprint density at radius 1 is 1.08 bits per heavy atom. The van der Waals surface area contributed by atoms with Crippen LogP contribution in [0.2, 0.25) is 0 Å². The van der Waals surface area contributed by atoms with Gasteiger partial charge in [-0.1, -0.05) is 12.8 Å². The van der Waals surface area contributed by atoms with Crippen LogP contribution in [-0.2, 0) is 4.74 Å². The molecule has 12 nitrogen and oxygen atoms in total. The fourth-order valence-electron chi connectivity index (χ4n) is 5.12. The van der Waals surface area contributed by atoms with Crippen LogP contribution in [0.15, 0.2) is 30.6 Å². The number of carbonyl (C=O) groups is 1. The molecule has 3 aromatic rings. The Morgan fingerprint density at radius 3 is 2.46 bits per heavy atom. The highest BCUT2D eigenvalue weighted by Gasteiger charge is 2.25. The molecule has 0 bridgehead atoms. The average Bonchev–Trinajstić information content (AvgIpc) is 3.60. The van der Waals surface area contributed by atoms with Gasteiger partial charge >= 0.3 is 5.97 Å². The smallest absolute Gasteiger partial charge is 0.352 e. The largest absolute Gasteiger partial charge is 0.477 e. The lowest BCUT2D eigenvalue weighted by Crippen LogP contribution is -2.47. The molecule has 212 valence electrons. The molecule has 3 aromatic heterocycles. The number of anilines is 3. The molecular weight excluding hydrogens is 500 g/mol. The molecule has 4 N–H and O–H groups in total. The average molecular weight is 541 g/mol. The Bertz CT molecular complexity index is 1190. The molecule has 0 radical (unpaired) electrons. The second kappa shape index (κ2) is 14.2. The normalized spacial score (nSPS) is 16.3. The summed E-state index contributed by atoms with van der Waals surface area (Å²) in [6.07, 6.45) is 7.65. The molecule has 4 heterocycles. The van der Waals surface area contributed by atoms with Gasteiger partial charge in [-0.25, -0.2) is 14.8 Å². The van der Waals surface area contributed by atoms with Crippen LogP contribution in [-0.4, -0.2) is 107 Å². The predicted molar refractivity (Wildman–Crippen MR) is 151 cm³/mol. The number of carboxylic acid groups (broad SMARTS) is 1. The topological polar surface area (TPSA) is 141 Å². The van der Waals surface area contributed by atoms with Gasteiger partial charge in [0.15, 0.2) is 0 Å². The number of aliphatic hydroxyl groups excluding tert-OH is 1. The maximum absolute atomic E-state index is 11.9. The van der Waals surface area contributed by atoms with E-state index in [9.17, 15) is 9.90 Å². The summed E-state index contributed by atoms with van der Waals surface area (Å²) in [7, 11) is 3.75. The van der Waals surface area contributed by atoms with Crippen molar-refractivity contribution in [1.82, 2.24) is 29.7 Å². The van der Waals surface area contributed by atoms with Gasteiger partial charge in [0.05, 0.1) is 31.7 Å². The molecule has 0 atom stereocenters. The number of aromatic nitrogens is 4. The zero-order valence-electron chi connectivity index (χ0n) is 22.8. The molecule has 39 heavy (non-hydrogen) atoms. The van der Waals surface area contributed by atoms with Gasteiger partial charge in [-0.2, -0.15) is 4.98 Å². The van der Waals surface area contributed by atoms with Crippen molar-refractivity contribution in [2.24, 2.45) is 0 Å². The minimum Gasteiger partial charge on any atom is -0.477 e. The van der Waals surface area contributed by atoms with E-state index in [4.69, 9.17) is 9.84 Å². The van der Waals surface area contributed by atoms with Crippen molar-refractivity contribution in [3.05, 3.63) is 36.3 Å². The number of pyridine rings is 1. The third kappa shape index (κ3) is 7.41. The molecule has 1 saturated heterocycles. The first-order valence-electron chi connectivity index (χ1n) is 13.6. The van der Waals surface area contributed by atoms with Crippen LogP contribution in [0, 0.1) is 0 Å².